The first-order valence-electron chi connectivity index (χ1n) is 9.53. The van der Waals surface area contributed by atoms with E-state index in [1.165, 1.54) is 0 Å². The van der Waals surface area contributed by atoms with Gasteiger partial charge in [-0.05, 0) is 37.1 Å². The monoisotopic (exact) mass is 380 g/mol. The molecule has 1 aliphatic rings. The molecule has 140 valence electrons. The van der Waals surface area contributed by atoms with Gasteiger partial charge in [-0.15, -0.1) is 11.8 Å². The molecule has 1 aliphatic heterocycles. The van der Waals surface area contributed by atoms with E-state index in [1.807, 2.05) is 53.6 Å². The maximum Gasteiger partial charge on any atom is 0.233 e. The molecule has 0 radical (unpaired) electrons. The average Bonchev–Trinajstić information content (AvgIpc) is 3.31. The number of pyridine rings is 1. The van der Waals surface area contributed by atoms with E-state index < -0.39 is 0 Å². The Morgan fingerprint density at radius 3 is 2.89 bits per heavy atom. The first-order chi connectivity index (χ1) is 13.3. The van der Waals surface area contributed by atoms with E-state index in [9.17, 15) is 4.79 Å². The number of hydrogen-bond acceptors (Lipinski definition) is 4. The molecule has 0 saturated carbocycles. The van der Waals surface area contributed by atoms with Crippen LogP contribution >= 0.6 is 11.8 Å². The molecule has 1 saturated heterocycles. The Kier molecular flexibility index (Phi) is 5.43. The van der Waals surface area contributed by atoms with Gasteiger partial charge in [-0.2, -0.15) is 0 Å². The zero-order chi connectivity index (χ0) is 18.6. The molecular weight excluding hydrogens is 356 g/mol. The number of benzene rings is 1. The molecule has 1 aromatic carbocycles. The van der Waals surface area contributed by atoms with Crippen LogP contribution in [0.4, 0.5) is 0 Å². The summed E-state index contributed by atoms with van der Waals surface area (Å²) >= 11 is 1.61. The van der Waals surface area contributed by atoms with Crippen LogP contribution in [0.1, 0.15) is 31.6 Å². The summed E-state index contributed by atoms with van der Waals surface area (Å²) in [5.41, 5.74) is 1.89. The summed E-state index contributed by atoms with van der Waals surface area (Å²) in [6.07, 6.45) is 4.77. The first-order valence-corrected chi connectivity index (χ1v) is 10.5. The highest BCUT2D eigenvalue weighted by Gasteiger charge is 2.30. The van der Waals surface area contributed by atoms with Crippen molar-refractivity contribution in [2.24, 2.45) is 0 Å². The molecule has 3 heterocycles. The molecule has 1 amide bonds. The minimum absolute atomic E-state index is 0.209. The number of hydrogen-bond donors (Lipinski definition) is 0. The van der Waals surface area contributed by atoms with Crippen molar-refractivity contribution in [1.82, 2.24) is 19.4 Å². The summed E-state index contributed by atoms with van der Waals surface area (Å²) in [5, 5.41) is 0. The second-order valence-corrected chi connectivity index (χ2v) is 7.93. The molecule has 0 unspecified atom stereocenters. The van der Waals surface area contributed by atoms with Crippen molar-refractivity contribution in [3.8, 4) is 0 Å². The number of fused-ring (bicyclic) bond motifs is 1. The number of likely N-dealkylation sites (tertiary alicyclic amines) is 1. The van der Waals surface area contributed by atoms with Crippen molar-refractivity contribution in [3.05, 3.63) is 54.5 Å². The van der Waals surface area contributed by atoms with Crippen LogP contribution in [0.25, 0.3) is 11.2 Å². The van der Waals surface area contributed by atoms with Crippen molar-refractivity contribution in [2.75, 3.05) is 18.8 Å². The van der Waals surface area contributed by atoms with Gasteiger partial charge >= 0.3 is 0 Å². The van der Waals surface area contributed by atoms with E-state index in [0.29, 0.717) is 5.75 Å². The van der Waals surface area contributed by atoms with Gasteiger partial charge in [-0.3, -0.25) is 4.79 Å². The quantitative estimate of drug-likeness (QED) is 0.608. The number of imidazole rings is 1. The molecule has 1 fully saturated rings. The Bertz CT molecular complexity index is 924. The van der Waals surface area contributed by atoms with Crippen molar-refractivity contribution >= 4 is 28.8 Å². The number of amides is 1. The third-order valence-corrected chi connectivity index (χ3v) is 5.98. The van der Waals surface area contributed by atoms with Crippen molar-refractivity contribution < 1.29 is 4.79 Å². The lowest BCUT2D eigenvalue weighted by atomic mass is 10.2. The molecule has 6 heteroatoms. The predicted molar refractivity (Wildman–Crippen MR) is 109 cm³/mol. The number of thioether (sulfide) groups is 1. The summed E-state index contributed by atoms with van der Waals surface area (Å²) in [6.45, 7) is 3.71. The summed E-state index contributed by atoms with van der Waals surface area (Å²) in [7, 11) is 0. The number of aromatic nitrogens is 3. The second kappa shape index (κ2) is 8.13. The zero-order valence-electron chi connectivity index (χ0n) is 15.5. The normalized spacial score (nSPS) is 16.9. The van der Waals surface area contributed by atoms with Gasteiger partial charge in [-0.25, -0.2) is 9.97 Å². The number of carbonyl (C=O) groups is 1. The lowest BCUT2D eigenvalue weighted by Crippen LogP contribution is -2.30. The molecule has 2 aromatic heterocycles. The number of aryl methyl sites for hydroxylation is 1. The Labute approximate surface area is 163 Å². The van der Waals surface area contributed by atoms with Crippen LogP contribution in [0.5, 0.6) is 0 Å². The van der Waals surface area contributed by atoms with Crippen molar-refractivity contribution in [1.29, 1.82) is 0 Å². The Morgan fingerprint density at radius 1 is 1.22 bits per heavy atom. The smallest absolute Gasteiger partial charge is 0.233 e. The highest BCUT2D eigenvalue weighted by molar-refractivity contribution is 8.00. The second-order valence-electron chi connectivity index (χ2n) is 6.88. The molecule has 0 N–H and O–H groups in total. The molecule has 0 aliphatic carbocycles. The molecular formula is C21H24N4OS. The van der Waals surface area contributed by atoms with Crippen LogP contribution < -0.4 is 0 Å². The summed E-state index contributed by atoms with van der Waals surface area (Å²) in [4.78, 5) is 25.2. The van der Waals surface area contributed by atoms with E-state index in [4.69, 9.17) is 4.98 Å². The van der Waals surface area contributed by atoms with Gasteiger partial charge in [0.15, 0.2) is 5.65 Å². The first kappa shape index (κ1) is 18.0. The van der Waals surface area contributed by atoms with E-state index in [1.54, 1.807) is 11.8 Å². The number of rotatable bonds is 6. The van der Waals surface area contributed by atoms with Crippen LogP contribution in [0.2, 0.25) is 0 Å². The van der Waals surface area contributed by atoms with Crippen molar-refractivity contribution in [3.63, 3.8) is 0 Å². The summed E-state index contributed by atoms with van der Waals surface area (Å²) in [6, 6.07) is 14.3. The highest BCUT2D eigenvalue weighted by atomic mass is 32.2. The predicted octanol–water partition coefficient (Wildman–Crippen LogP) is 3.95. The lowest BCUT2D eigenvalue weighted by molar-refractivity contribution is -0.127. The Balaban J connectivity index is 1.47. The molecule has 3 aromatic rings. The van der Waals surface area contributed by atoms with Crippen LogP contribution in [0.15, 0.2) is 53.6 Å². The number of nitrogens with zero attached hydrogens (tertiary/aromatic N) is 4. The van der Waals surface area contributed by atoms with Gasteiger partial charge in [0, 0.05) is 30.6 Å². The molecule has 0 spiro atoms. The van der Waals surface area contributed by atoms with Crippen LogP contribution in [0.3, 0.4) is 0 Å². The maximum absolute atomic E-state index is 12.7. The largest absolute Gasteiger partial charge is 0.340 e. The number of carbonyl (C=O) groups excluding carboxylic acids is 1. The minimum atomic E-state index is 0.209. The summed E-state index contributed by atoms with van der Waals surface area (Å²) in [5.74, 6) is 1.78. The fraction of sp³-hybridized carbons (Fsp3) is 0.381. The minimum Gasteiger partial charge on any atom is -0.340 e. The van der Waals surface area contributed by atoms with Gasteiger partial charge in [0.25, 0.3) is 0 Å². The van der Waals surface area contributed by atoms with Crippen LogP contribution in [0, 0.1) is 0 Å². The van der Waals surface area contributed by atoms with E-state index in [2.05, 4.69) is 16.5 Å². The van der Waals surface area contributed by atoms with Gasteiger partial charge < -0.3 is 9.47 Å². The highest BCUT2D eigenvalue weighted by Crippen LogP contribution is 2.28. The molecule has 4 rings (SSSR count). The molecule has 27 heavy (non-hydrogen) atoms. The molecule has 5 nitrogen and oxygen atoms in total. The average molecular weight is 381 g/mol. The van der Waals surface area contributed by atoms with E-state index >= 15 is 0 Å². The van der Waals surface area contributed by atoms with E-state index in [0.717, 1.165) is 54.2 Å². The third-order valence-electron chi connectivity index (χ3n) is 4.98. The lowest BCUT2D eigenvalue weighted by Gasteiger charge is -2.18. The van der Waals surface area contributed by atoms with Gasteiger partial charge in [0.05, 0.1) is 11.8 Å². The van der Waals surface area contributed by atoms with Gasteiger partial charge in [0.1, 0.15) is 11.3 Å². The maximum atomic E-state index is 12.7. The summed E-state index contributed by atoms with van der Waals surface area (Å²) < 4.78 is 2.27. The SMILES string of the molecule is CCCc1nc2cccnc2n1[C@@H]1CCN(C(=O)CSc2ccccc2)C1. The Morgan fingerprint density at radius 2 is 2.07 bits per heavy atom. The third kappa shape index (κ3) is 3.86. The van der Waals surface area contributed by atoms with Crippen LogP contribution in [-0.4, -0.2) is 44.2 Å². The molecule has 0 bridgehead atoms. The van der Waals surface area contributed by atoms with Gasteiger partial charge in [0.2, 0.25) is 5.91 Å². The topological polar surface area (TPSA) is 51.0 Å². The van der Waals surface area contributed by atoms with Crippen molar-refractivity contribution in [2.45, 2.75) is 37.1 Å². The fourth-order valence-electron chi connectivity index (χ4n) is 3.69. The fourth-order valence-corrected chi connectivity index (χ4v) is 4.51. The van der Waals surface area contributed by atoms with Gasteiger partial charge in [-0.1, -0.05) is 25.1 Å². The standard InChI is InChI=1S/C21H24N4OS/c1-2-7-19-23-18-10-6-12-22-21(18)25(19)16-11-13-24(14-16)20(26)15-27-17-8-4-3-5-9-17/h3-6,8-10,12,16H,2,7,11,13-15H2,1H3/t16-/m1/s1. The van der Waals surface area contributed by atoms with Crippen LogP contribution in [-0.2, 0) is 11.2 Å². The zero-order valence-corrected chi connectivity index (χ0v) is 16.4. The molecule has 1 atom stereocenters. The Hall–Kier alpha value is -2.34. The van der Waals surface area contributed by atoms with E-state index in [-0.39, 0.29) is 11.9 Å².